The number of nitrogens with zero attached hydrogens (tertiary/aromatic N) is 1. The van der Waals surface area contributed by atoms with Gasteiger partial charge in [-0.2, -0.15) is 0 Å². The maximum atomic E-state index is 13.6. The summed E-state index contributed by atoms with van der Waals surface area (Å²) in [5.74, 6) is -0.483. The molecular formula is C70H138N2O7P+. The largest absolute Gasteiger partial charge is 0.472 e. The Bertz CT molecular complexity index is 1420. The fourth-order valence-corrected chi connectivity index (χ4v) is 11.4. The lowest BCUT2D eigenvalue weighted by Gasteiger charge is -2.27. The Morgan fingerprint density at radius 2 is 0.725 bits per heavy atom. The van der Waals surface area contributed by atoms with Crippen LogP contribution in [0, 0.1) is 0 Å². The summed E-state index contributed by atoms with van der Waals surface area (Å²) in [6, 6.07) is -0.841. The predicted molar refractivity (Wildman–Crippen MR) is 346 cm³/mol. The van der Waals surface area contributed by atoms with Gasteiger partial charge in [-0.15, -0.1) is 0 Å². The lowest BCUT2D eigenvalue weighted by Crippen LogP contribution is -2.47. The SMILES string of the molecule is CCCCCCCC/C=C/CCCCCCCCCCCCCCCCCCCC(=O)OC(/C=C\CCCCCCCCCCC)C(COP(=O)(O)OCC[N+](C)(C)C)NC(=O)CCCCCCCCCCCCCCCCCC. The van der Waals surface area contributed by atoms with Crippen molar-refractivity contribution in [3.8, 4) is 0 Å². The van der Waals surface area contributed by atoms with Crippen LogP contribution in [0.4, 0.5) is 0 Å². The lowest BCUT2D eigenvalue weighted by atomic mass is 10.0. The second kappa shape index (κ2) is 60.6. The standard InChI is InChI=1S/C70H137N2O7P/c1-7-10-13-16-19-22-25-27-29-31-32-33-34-35-36-37-38-39-40-41-43-45-48-51-54-57-60-63-70(74)79-68(61-58-55-52-49-46-24-21-18-15-12-9-3)67(66-78-80(75,76)77-65-64-72(4,5)6)71-69(73)62-59-56-53-50-47-44-42-30-28-26-23-20-17-14-11-8-2/h27,29,58,61,67-68H,7-26,28,30-57,59-60,62-66H2,1-6H3,(H-,71,73,75,76)/p+1/b29-27+,61-58-. The Labute approximate surface area is 498 Å². The van der Waals surface area contributed by atoms with Gasteiger partial charge >= 0.3 is 13.8 Å². The number of unbranched alkanes of at least 4 members (excludes halogenated alkanes) is 47. The highest BCUT2D eigenvalue weighted by Crippen LogP contribution is 2.43. The van der Waals surface area contributed by atoms with Crippen LogP contribution in [0.25, 0.3) is 0 Å². The van der Waals surface area contributed by atoms with Crippen molar-refractivity contribution in [1.29, 1.82) is 0 Å². The van der Waals surface area contributed by atoms with Gasteiger partial charge in [0.15, 0.2) is 0 Å². The van der Waals surface area contributed by atoms with E-state index >= 15 is 0 Å². The van der Waals surface area contributed by atoms with Crippen LogP contribution in [-0.2, 0) is 27.9 Å². The quantitative estimate of drug-likeness (QED) is 0.0205. The van der Waals surface area contributed by atoms with E-state index in [1.54, 1.807) is 0 Å². The first-order valence-corrected chi connectivity index (χ1v) is 36.7. The highest BCUT2D eigenvalue weighted by atomic mass is 31.2. The first-order chi connectivity index (χ1) is 38.9. The molecular weight excluding hydrogens is 1010 g/mol. The summed E-state index contributed by atoms with van der Waals surface area (Å²) in [5.41, 5.74) is 0. The molecule has 0 aromatic heterocycles. The lowest BCUT2D eigenvalue weighted by molar-refractivity contribution is -0.870. The van der Waals surface area contributed by atoms with Crippen molar-refractivity contribution >= 4 is 19.7 Å². The van der Waals surface area contributed by atoms with Gasteiger partial charge in [0, 0.05) is 12.8 Å². The summed E-state index contributed by atoms with van der Waals surface area (Å²) in [4.78, 5) is 37.8. The maximum Gasteiger partial charge on any atom is 0.472 e. The molecule has 0 aliphatic heterocycles. The number of likely N-dealkylation sites (N-methyl/N-ethyl adjacent to an activating group) is 1. The fourth-order valence-electron chi connectivity index (χ4n) is 10.7. The molecule has 0 spiro atoms. The summed E-state index contributed by atoms with van der Waals surface area (Å²) < 4.78 is 30.8. The minimum atomic E-state index is -4.44. The summed E-state index contributed by atoms with van der Waals surface area (Å²) >= 11 is 0. The molecule has 0 saturated heterocycles. The van der Waals surface area contributed by atoms with E-state index in [0.29, 0.717) is 23.9 Å². The van der Waals surface area contributed by atoms with E-state index in [4.69, 9.17) is 13.8 Å². The van der Waals surface area contributed by atoms with E-state index in [1.165, 1.54) is 270 Å². The van der Waals surface area contributed by atoms with Gasteiger partial charge in [-0.05, 0) is 57.4 Å². The molecule has 10 heteroatoms. The van der Waals surface area contributed by atoms with Crippen LogP contribution in [0.15, 0.2) is 24.3 Å². The van der Waals surface area contributed by atoms with Crippen LogP contribution in [0.2, 0.25) is 0 Å². The van der Waals surface area contributed by atoms with Gasteiger partial charge in [0.1, 0.15) is 19.3 Å². The molecule has 0 radical (unpaired) electrons. The maximum absolute atomic E-state index is 13.6. The van der Waals surface area contributed by atoms with Gasteiger partial charge in [0.05, 0.1) is 33.8 Å². The van der Waals surface area contributed by atoms with Crippen molar-refractivity contribution < 1.29 is 37.3 Å². The Morgan fingerprint density at radius 1 is 0.425 bits per heavy atom. The third-order valence-electron chi connectivity index (χ3n) is 16.1. The molecule has 0 saturated carbocycles. The summed E-state index contributed by atoms with van der Waals surface area (Å²) in [6.45, 7) is 7.07. The second-order valence-electron chi connectivity index (χ2n) is 25.4. The van der Waals surface area contributed by atoms with Crippen LogP contribution >= 0.6 is 7.82 Å². The van der Waals surface area contributed by atoms with Crippen LogP contribution in [-0.4, -0.2) is 74.3 Å². The van der Waals surface area contributed by atoms with Crippen molar-refractivity contribution in [2.24, 2.45) is 0 Å². The van der Waals surface area contributed by atoms with Crippen molar-refractivity contribution in [2.75, 3.05) is 40.9 Å². The number of phosphoric acid groups is 1. The number of phosphoric ester groups is 1. The van der Waals surface area contributed by atoms with E-state index in [-0.39, 0.29) is 25.1 Å². The molecule has 0 aromatic rings. The number of hydrogen-bond acceptors (Lipinski definition) is 6. The Kier molecular flexibility index (Phi) is 59.5. The molecule has 3 unspecified atom stereocenters. The highest BCUT2D eigenvalue weighted by molar-refractivity contribution is 7.47. The number of carbonyl (C=O) groups excluding carboxylic acids is 2. The molecule has 9 nitrogen and oxygen atoms in total. The molecule has 474 valence electrons. The molecule has 0 heterocycles. The molecule has 0 aromatic carbocycles. The van der Waals surface area contributed by atoms with Crippen LogP contribution < -0.4 is 5.32 Å². The van der Waals surface area contributed by atoms with Crippen LogP contribution in [0.3, 0.4) is 0 Å². The van der Waals surface area contributed by atoms with Crippen LogP contribution in [0.1, 0.15) is 361 Å². The van der Waals surface area contributed by atoms with Gasteiger partial charge in [0.25, 0.3) is 0 Å². The first kappa shape index (κ1) is 78.5. The number of rotatable bonds is 65. The van der Waals surface area contributed by atoms with E-state index in [9.17, 15) is 19.0 Å². The average Bonchev–Trinajstić information content (AvgIpc) is 3.43. The highest BCUT2D eigenvalue weighted by Gasteiger charge is 2.30. The van der Waals surface area contributed by atoms with E-state index < -0.39 is 20.0 Å². The molecule has 0 fully saturated rings. The number of quaternary nitrogens is 1. The summed E-state index contributed by atoms with van der Waals surface area (Å²) in [7, 11) is 1.52. The third kappa shape index (κ3) is 61.1. The molecule has 0 bridgehead atoms. The van der Waals surface area contributed by atoms with E-state index in [1.807, 2.05) is 33.3 Å². The third-order valence-corrected chi connectivity index (χ3v) is 17.1. The van der Waals surface area contributed by atoms with E-state index in [2.05, 4.69) is 38.2 Å². The topological polar surface area (TPSA) is 111 Å². The number of esters is 1. The Balaban J connectivity index is 4.93. The smallest absolute Gasteiger partial charge is 0.456 e. The van der Waals surface area contributed by atoms with Crippen molar-refractivity contribution in [3.63, 3.8) is 0 Å². The molecule has 80 heavy (non-hydrogen) atoms. The average molecular weight is 1150 g/mol. The van der Waals surface area contributed by atoms with Crippen molar-refractivity contribution in [3.05, 3.63) is 24.3 Å². The number of allylic oxidation sites excluding steroid dienone is 3. The normalized spacial score (nSPS) is 13.6. The molecule has 3 atom stereocenters. The van der Waals surface area contributed by atoms with Crippen molar-refractivity contribution in [1.82, 2.24) is 5.32 Å². The van der Waals surface area contributed by atoms with Gasteiger partial charge in [-0.25, -0.2) is 4.57 Å². The Morgan fingerprint density at radius 3 is 1.06 bits per heavy atom. The molecule has 0 aliphatic carbocycles. The van der Waals surface area contributed by atoms with Gasteiger partial charge in [-0.1, -0.05) is 315 Å². The number of amides is 1. The van der Waals surface area contributed by atoms with Crippen molar-refractivity contribution in [2.45, 2.75) is 373 Å². The Hall–Kier alpha value is -1.51. The zero-order valence-electron chi connectivity index (χ0n) is 54.4. The molecule has 1 amide bonds. The van der Waals surface area contributed by atoms with Gasteiger partial charge in [-0.3, -0.25) is 18.6 Å². The monoisotopic (exact) mass is 1150 g/mol. The number of nitrogens with one attached hydrogen (secondary N) is 1. The summed E-state index contributed by atoms with van der Waals surface area (Å²) in [5, 5.41) is 3.07. The van der Waals surface area contributed by atoms with Gasteiger partial charge in [0.2, 0.25) is 5.91 Å². The number of hydrogen-bond donors (Lipinski definition) is 2. The molecule has 0 aliphatic rings. The minimum Gasteiger partial charge on any atom is -0.456 e. The number of ether oxygens (including phenoxy) is 1. The van der Waals surface area contributed by atoms with Gasteiger partial charge < -0.3 is 19.4 Å². The van der Waals surface area contributed by atoms with Crippen LogP contribution in [0.5, 0.6) is 0 Å². The minimum absolute atomic E-state index is 0.0447. The fraction of sp³-hybridized carbons (Fsp3) is 0.914. The number of carbonyl (C=O) groups is 2. The second-order valence-corrected chi connectivity index (χ2v) is 26.9. The first-order valence-electron chi connectivity index (χ1n) is 35.2. The van der Waals surface area contributed by atoms with E-state index in [0.717, 1.165) is 57.8 Å². The zero-order chi connectivity index (χ0) is 58.6. The molecule has 0 rings (SSSR count). The predicted octanol–water partition coefficient (Wildman–Crippen LogP) is 22.1. The zero-order valence-corrected chi connectivity index (χ0v) is 55.2. The molecule has 2 N–H and O–H groups in total. The summed E-state index contributed by atoms with van der Waals surface area (Å²) in [6.07, 6.45) is 73.4.